The van der Waals surface area contributed by atoms with E-state index in [1.165, 1.54) is 18.2 Å². The smallest absolute Gasteiger partial charge is 0.238 e. The molecular weight excluding hydrogens is 231 g/mol. The van der Waals surface area contributed by atoms with Crippen molar-refractivity contribution in [3.63, 3.8) is 0 Å². The highest BCUT2D eigenvalue weighted by atomic mass is 28.5. The fourth-order valence-electron chi connectivity index (χ4n) is 1.13. The van der Waals surface area contributed by atoms with Crippen LogP contribution in [-0.4, -0.2) is 9.08 Å². The van der Waals surface area contributed by atoms with Crippen LogP contribution in [0.2, 0.25) is 6.04 Å². The van der Waals surface area contributed by atoms with Crippen molar-refractivity contribution in [2.75, 3.05) is 0 Å². The molecule has 0 fully saturated rings. The van der Waals surface area contributed by atoms with Gasteiger partial charge in [0.25, 0.3) is 5.92 Å². The third-order valence-electron chi connectivity index (χ3n) is 1.92. The molecule has 0 aliphatic carbocycles. The van der Waals surface area contributed by atoms with E-state index in [-0.39, 0.29) is 5.56 Å². The van der Waals surface area contributed by atoms with Gasteiger partial charge in [0, 0.05) is 18.0 Å². The summed E-state index contributed by atoms with van der Waals surface area (Å²) in [5, 5.41) is 0. The largest absolute Gasteiger partial charge is 0.616 e. The molecule has 0 radical (unpaired) electrons. The summed E-state index contributed by atoms with van der Waals surface area (Å²) in [6, 6.07) is 5.24. The SMILES string of the molecule is FC(F)(CC[Si](F)(F)F)c1ccccc1. The molecule has 0 aromatic heterocycles. The van der Waals surface area contributed by atoms with E-state index < -0.39 is 27.5 Å². The van der Waals surface area contributed by atoms with Crippen molar-refractivity contribution in [3.8, 4) is 0 Å². The average Bonchev–Trinajstić information content (AvgIpc) is 2.16. The Morgan fingerprint density at radius 1 is 1.00 bits per heavy atom. The summed E-state index contributed by atoms with van der Waals surface area (Å²) in [6.45, 7) is 0. The highest BCUT2D eigenvalue weighted by Gasteiger charge is 2.42. The normalized spacial score (nSPS) is 12.9. The zero-order valence-electron chi connectivity index (χ0n) is 7.69. The molecule has 84 valence electrons. The van der Waals surface area contributed by atoms with Crippen LogP contribution in [0, 0.1) is 0 Å². The number of benzene rings is 1. The van der Waals surface area contributed by atoms with Crippen molar-refractivity contribution in [3.05, 3.63) is 35.9 Å². The third-order valence-corrected chi connectivity index (χ3v) is 2.74. The summed E-state index contributed by atoms with van der Waals surface area (Å²) in [4.78, 5) is 0. The van der Waals surface area contributed by atoms with E-state index in [4.69, 9.17) is 0 Å². The number of rotatable bonds is 4. The van der Waals surface area contributed by atoms with Gasteiger partial charge in [-0.1, -0.05) is 30.3 Å². The molecule has 0 atom stereocenters. The predicted octanol–water partition coefficient (Wildman–Crippen LogP) is 4.02. The first kappa shape index (κ1) is 12.2. The maximum Gasteiger partial charge on any atom is 0.616 e. The van der Waals surface area contributed by atoms with E-state index in [0.29, 0.717) is 0 Å². The number of alkyl halides is 2. The van der Waals surface area contributed by atoms with E-state index in [1.54, 1.807) is 0 Å². The van der Waals surface area contributed by atoms with E-state index in [1.807, 2.05) is 0 Å². The number of hydrogen-bond acceptors (Lipinski definition) is 0. The summed E-state index contributed by atoms with van der Waals surface area (Å²) >= 11 is 0. The molecular formula is C9H9F5Si. The van der Waals surface area contributed by atoms with E-state index >= 15 is 0 Å². The fraction of sp³-hybridized carbons (Fsp3) is 0.333. The van der Waals surface area contributed by atoms with Crippen molar-refractivity contribution in [1.82, 2.24) is 0 Å². The van der Waals surface area contributed by atoms with E-state index in [0.717, 1.165) is 12.1 Å². The third kappa shape index (κ3) is 3.99. The second-order valence-corrected chi connectivity index (χ2v) is 4.92. The Morgan fingerprint density at radius 3 is 2.00 bits per heavy atom. The Balaban J connectivity index is 2.68. The Kier molecular flexibility index (Phi) is 3.49. The van der Waals surface area contributed by atoms with Gasteiger partial charge in [-0.05, 0) is 0 Å². The monoisotopic (exact) mass is 240 g/mol. The molecule has 15 heavy (non-hydrogen) atoms. The molecule has 1 aromatic rings. The first-order valence-electron chi connectivity index (χ1n) is 4.31. The second-order valence-electron chi connectivity index (χ2n) is 3.19. The van der Waals surface area contributed by atoms with Gasteiger partial charge in [0.2, 0.25) is 0 Å². The van der Waals surface area contributed by atoms with Gasteiger partial charge >= 0.3 is 9.08 Å². The van der Waals surface area contributed by atoms with Crippen molar-refractivity contribution in [2.24, 2.45) is 0 Å². The van der Waals surface area contributed by atoms with Gasteiger partial charge in [0.15, 0.2) is 0 Å². The summed E-state index contributed by atoms with van der Waals surface area (Å²) in [7, 11) is -5.88. The van der Waals surface area contributed by atoms with Crippen LogP contribution in [-0.2, 0) is 5.92 Å². The van der Waals surface area contributed by atoms with Crippen molar-refractivity contribution in [2.45, 2.75) is 18.4 Å². The van der Waals surface area contributed by atoms with Crippen molar-refractivity contribution < 1.29 is 21.1 Å². The fourth-order valence-corrected chi connectivity index (χ4v) is 1.72. The molecule has 0 unspecified atom stereocenters. The molecule has 1 aromatic carbocycles. The average molecular weight is 240 g/mol. The van der Waals surface area contributed by atoms with Gasteiger partial charge < -0.3 is 0 Å². The highest BCUT2D eigenvalue weighted by Crippen LogP contribution is 2.35. The second kappa shape index (κ2) is 4.30. The maximum atomic E-state index is 13.2. The Bertz CT molecular complexity index is 306. The van der Waals surface area contributed by atoms with Crippen LogP contribution in [0.15, 0.2) is 30.3 Å². The lowest BCUT2D eigenvalue weighted by atomic mass is 10.1. The number of halogens is 5. The minimum absolute atomic E-state index is 0.358. The Morgan fingerprint density at radius 2 is 1.53 bits per heavy atom. The maximum absolute atomic E-state index is 13.2. The summed E-state index contributed by atoms with van der Waals surface area (Å²) < 4.78 is 62.1. The molecule has 0 amide bonds. The minimum atomic E-state index is -5.88. The van der Waals surface area contributed by atoms with Gasteiger partial charge in [-0.15, -0.1) is 0 Å². The van der Waals surface area contributed by atoms with Crippen molar-refractivity contribution in [1.29, 1.82) is 0 Å². The van der Waals surface area contributed by atoms with Crippen LogP contribution in [0.5, 0.6) is 0 Å². The highest BCUT2D eigenvalue weighted by molar-refractivity contribution is 6.58. The molecule has 0 N–H and O–H groups in total. The lowest BCUT2D eigenvalue weighted by molar-refractivity contribution is -0.0101. The lowest BCUT2D eigenvalue weighted by Gasteiger charge is -2.16. The summed E-state index contributed by atoms with van der Waals surface area (Å²) in [5.41, 5.74) is -0.358. The molecule has 0 saturated heterocycles. The molecule has 0 spiro atoms. The van der Waals surface area contributed by atoms with Gasteiger partial charge in [0.05, 0.1) is 0 Å². The van der Waals surface area contributed by atoms with Crippen LogP contribution in [0.25, 0.3) is 0 Å². The Labute approximate surface area is 85.3 Å². The molecule has 6 heteroatoms. The van der Waals surface area contributed by atoms with Crippen LogP contribution < -0.4 is 0 Å². The molecule has 0 aliphatic heterocycles. The first-order valence-corrected chi connectivity index (χ1v) is 6.15. The van der Waals surface area contributed by atoms with Crippen LogP contribution >= 0.6 is 0 Å². The van der Waals surface area contributed by atoms with Crippen LogP contribution in [0.1, 0.15) is 12.0 Å². The topological polar surface area (TPSA) is 0 Å². The summed E-state index contributed by atoms with van der Waals surface area (Å²) in [6.07, 6.45) is -1.15. The summed E-state index contributed by atoms with van der Waals surface area (Å²) in [5.74, 6) is -3.39. The Hall–Kier alpha value is -0.913. The lowest BCUT2D eigenvalue weighted by Crippen LogP contribution is -2.21. The van der Waals surface area contributed by atoms with Crippen LogP contribution in [0.4, 0.5) is 21.1 Å². The van der Waals surface area contributed by atoms with E-state index in [2.05, 4.69) is 0 Å². The number of hydrogen-bond donors (Lipinski definition) is 0. The molecule has 0 heterocycles. The first-order chi connectivity index (χ1) is 6.81. The quantitative estimate of drug-likeness (QED) is 0.423. The van der Waals surface area contributed by atoms with Crippen molar-refractivity contribution >= 4 is 9.08 Å². The zero-order chi connectivity index (χ0) is 11.5. The minimum Gasteiger partial charge on any atom is -0.238 e. The van der Waals surface area contributed by atoms with Crippen LogP contribution in [0.3, 0.4) is 0 Å². The molecule has 0 nitrogen and oxygen atoms in total. The van der Waals surface area contributed by atoms with Gasteiger partial charge in [-0.25, -0.2) is 21.1 Å². The molecule has 0 saturated carbocycles. The zero-order valence-corrected chi connectivity index (χ0v) is 8.69. The standard InChI is InChI=1S/C9H9F5Si/c10-9(11,6-7-15(12,13)14)8-4-2-1-3-5-8/h1-5H,6-7H2. The van der Waals surface area contributed by atoms with Gasteiger partial charge in [-0.2, -0.15) is 0 Å². The van der Waals surface area contributed by atoms with E-state index in [9.17, 15) is 21.1 Å². The molecule has 0 aliphatic rings. The molecule has 0 bridgehead atoms. The predicted molar refractivity (Wildman–Crippen MR) is 48.8 cm³/mol. The van der Waals surface area contributed by atoms with Gasteiger partial charge in [0.1, 0.15) is 0 Å². The molecule has 1 rings (SSSR count). The van der Waals surface area contributed by atoms with Gasteiger partial charge in [-0.3, -0.25) is 0 Å².